The van der Waals surface area contributed by atoms with Crippen molar-refractivity contribution >= 4 is 5.97 Å². The second-order valence-electron chi connectivity index (χ2n) is 4.54. The normalized spacial score (nSPS) is 10.3. The Bertz CT molecular complexity index is 633. The molecule has 0 spiro atoms. The minimum atomic E-state index is -0.536. The predicted molar refractivity (Wildman–Crippen MR) is 72.6 cm³/mol. The number of rotatable bonds is 2. The fourth-order valence-corrected chi connectivity index (χ4v) is 2.03. The summed E-state index contributed by atoms with van der Waals surface area (Å²) in [5.74, 6) is -0.982. The summed E-state index contributed by atoms with van der Waals surface area (Å²) in [6, 6.07) is 10.2. The summed E-state index contributed by atoms with van der Waals surface area (Å²) in [5.41, 5.74) is 3.95. The molecule has 2 aromatic carbocycles. The highest BCUT2D eigenvalue weighted by molar-refractivity contribution is 5.91. The lowest BCUT2D eigenvalue weighted by molar-refractivity contribution is 0.0600. The minimum Gasteiger partial charge on any atom is -0.465 e. The molecule has 2 rings (SSSR count). The van der Waals surface area contributed by atoms with Gasteiger partial charge >= 0.3 is 5.97 Å². The molecule has 2 aromatic rings. The van der Waals surface area contributed by atoms with Gasteiger partial charge in [0, 0.05) is 0 Å². The summed E-state index contributed by atoms with van der Waals surface area (Å²) >= 11 is 0. The van der Waals surface area contributed by atoms with E-state index in [9.17, 15) is 9.18 Å². The quantitative estimate of drug-likeness (QED) is 0.764. The van der Waals surface area contributed by atoms with E-state index in [2.05, 4.69) is 4.74 Å². The molecule has 0 N–H and O–H groups in total. The molecule has 0 saturated heterocycles. The highest BCUT2D eigenvalue weighted by Crippen LogP contribution is 2.26. The number of methoxy groups -OCH3 is 1. The number of carbonyl (C=O) groups excluding carboxylic acids is 1. The molecule has 19 heavy (non-hydrogen) atoms. The van der Waals surface area contributed by atoms with Crippen LogP contribution in [0.5, 0.6) is 0 Å². The third-order valence-corrected chi connectivity index (χ3v) is 3.02. The van der Waals surface area contributed by atoms with E-state index in [-0.39, 0.29) is 5.56 Å². The molecular formula is C16H15FO2. The number of aryl methyl sites for hydroxylation is 2. The van der Waals surface area contributed by atoms with E-state index in [0.717, 1.165) is 16.7 Å². The third kappa shape index (κ3) is 2.81. The lowest BCUT2D eigenvalue weighted by Crippen LogP contribution is -2.02. The monoisotopic (exact) mass is 258 g/mol. The lowest BCUT2D eigenvalue weighted by atomic mass is 9.97. The van der Waals surface area contributed by atoms with Crippen LogP contribution in [0.2, 0.25) is 0 Å². The molecule has 0 saturated carbocycles. The second kappa shape index (κ2) is 5.22. The van der Waals surface area contributed by atoms with Crippen LogP contribution in [0.4, 0.5) is 4.39 Å². The summed E-state index contributed by atoms with van der Waals surface area (Å²) in [5, 5.41) is 0. The molecule has 0 aliphatic carbocycles. The zero-order valence-corrected chi connectivity index (χ0v) is 11.2. The van der Waals surface area contributed by atoms with Gasteiger partial charge in [-0.1, -0.05) is 23.8 Å². The van der Waals surface area contributed by atoms with Crippen molar-refractivity contribution in [1.29, 1.82) is 0 Å². The maximum atomic E-state index is 13.6. The van der Waals surface area contributed by atoms with Crippen LogP contribution < -0.4 is 0 Å². The van der Waals surface area contributed by atoms with Crippen LogP contribution in [0.25, 0.3) is 11.1 Å². The number of hydrogen-bond donors (Lipinski definition) is 0. The average Bonchev–Trinajstić information content (AvgIpc) is 2.39. The smallest absolute Gasteiger partial charge is 0.337 e. The Morgan fingerprint density at radius 2 is 1.84 bits per heavy atom. The van der Waals surface area contributed by atoms with Crippen molar-refractivity contribution in [2.45, 2.75) is 13.8 Å². The molecule has 2 nitrogen and oxygen atoms in total. The molecule has 0 unspecified atom stereocenters. The molecule has 0 aliphatic heterocycles. The van der Waals surface area contributed by atoms with Gasteiger partial charge < -0.3 is 4.74 Å². The van der Waals surface area contributed by atoms with Crippen molar-refractivity contribution in [3.63, 3.8) is 0 Å². The standard InChI is InChI=1S/C16H15FO2/c1-10-4-5-11(2)15(6-10)12-7-13(16(18)19-3)9-14(17)8-12/h4-9H,1-3H3. The topological polar surface area (TPSA) is 26.3 Å². The Labute approximate surface area is 111 Å². The first-order chi connectivity index (χ1) is 9.01. The van der Waals surface area contributed by atoms with Gasteiger partial charge in [-0.2, -0.15) is 0 Å². The van der Waals surface area contributed by atoms with Crippen molar-refractivity contribution in [1.82, 2.24) is 0 Å². The Morgan fingerprint density at radius 3 is 2.53 bits per heavy atom. The van der Waals surface area contributed by atoms with Gasteiger partial charge in [-0.05, 0) is 48.7 Å². The number of esters is 1. The summed E-state index contributed by atoms with van der Waals surface area (Å²) in [4.78, 5) is 11.5. The van der Waals surface area contributed by atoms with Gasteiger partial charge in [-0.25, -0.2) is 9.18 Å². The van der Waals surface area contributed by atoms with E-state index in [0.29, 0.717) is 5.56 Å². The van der Waals surface area contributed by atoms with E-state index >= 15 is 0 Å². The third-order valence-electron chi connectivity index (χ3n) is 3.02. The van der Waals surface area contributed by atoms with E-state index < -0.39 is 11.8 Å². The van der Waals surface area contributed by atoms with Crippen molar-refractivity contribution in [3.8, 4) is 11.1 Å². The Balaban J connectivity index is 2.59. The van der Waals surface area contributed by atoms with E-state index in [1.807, 2.05) is 32.0 Å². The van der Waals surface area contributed by atoms with Crippen LogP contribution in [0, 0.1) is 19.7 Å². The molecule has 0 heterocycles. The van der Waals surface area contributed by atoms with Gasteiger partial charge in [0.2, 0.25) is 0 Å². The number of benzene rings is 2. The molecule has 0 radical (unpaired) electrons. The Hall–Kier alpha value is -2.16. The summed E-state index contributed by atoms with van der Waals surface area (Å²) in [7, 11) is 1.28. The van der Waals surface area contributed by atoms with Crippen molar-refractivity contribution in [3.05, 3.63) is 58.9 Å². The molecular weight excluding hydrogens is 243 g/mol. The van der Waals surface area contributed by atoms with E-state index in [4.69, 9.17) is 0 Å². The van der Waals surface area contributed by atoms with Gasteiger partial charge in [-0.15, -0.1) is 0 Å². The van der Waals surface area contributed by atoms with Crippen LogP contribution in [0.1, 0.15) is 21.5 Å². The molecule has 0 amide bonds. The highest BCUT2D eigenvalue weighted by Gasteiger charge is 2.11. The Kier molecular flexibility index (Phi) is 3.65. The minimum absolute atomic E-state index is 0.221. The highest BCUT2D eigenvalue weighted by atomic mass is 19.1. The average molecular weight is 258 g/mol. The maximum Gasteiger partial charge on any atom is 0.337 e. The zero-order chi connectivity index (χ0) is 14.0. The van der Waals surface area contributed by atoms with Crippen molar-refractivity contribution in [2.24, 2.45) is 0 Å². The van der Waals surface area contributed by atoms with Crippen molar-refractivity contribution < 1.29 is 13.9 Å². The molecule has 0 aliphatic rings. The van der Waals surface area contributed by atoms with Gasteiger partial charge in [0.1, 0.15) is 5.82 Å². The predicted octanol–water partition coefficient (Wildman–Crippen LogP) is 3.90. The summed E-state index contributed by atoms with van der Waals surface area (Å²) < 4.78 is 18.3. The van der Waals surface area contributed by atoms with E-state index in [1.165, 1.54) is 19.2 Å². The van der Waals surface area contributed by atoms with Crippen LogP contribution in [0.3, 0.4) is 0 Å². The molecule has 0 bridgehead atoms. The Morgan fingerprint density at radius 1 is 1.11 bits per heavy atom. The van der Waals surface area contributed by atoms with Crippen molar-refractivity contribution in [2.75, 3.05) is 7.11 Å². The fraction of sp³-hybridized carbons (Fsp3) is 0.188. The first-order valence-electron chi connectivity index (χ1n) is 5.98. The maximum absolute atomic E-state index is 13.6. The van der Waals surface area contributed by atoms with Gasteiger partial charge in [0.05, 0.1) is 12.7 Å². The number of hydrogen-bond acceptors (Lipinski definition) is 2. The van der Waals surface area contributed by atoms with Gasteiger partial charge in [0.15, 0.2) is 0 Å². The first kappa shape index (κ1) is 13.3. The molecule has 3 heteroatoms. The summed E-state index contributed by atoms with van der Waals surface area (Å²) in [6.45, 7) is 3.93. The molecule has 0 fully saturated rings. The second-order valence-corrected chi connectivity index (χ2v) is 4.54. The van der Waals surface area contributed by atoms with E-state index in [1.54, 1.807) is 6.07 Å². The molecule has 98 valence electrons. The number of ether oxygens (including phenoxy) is 1. The number of halogens is 1. The fourth-order valence-electron chi connectivity index (χ4n) is 2.03. The SMILES string of the molecule is COC(=O)c1cc(F)cc(-c2cc(C)ccc2C)c1. The number of carbonyl (C=O) groups is 1. The van der Waals surface area contributed by atoms with Crippen LogP contribution >= 0.6 is 0 Å². The lowest BCUT2D eigenvalue weighted by Gasteiger charge is -2.09. The largest absolute Gasteiger partial charge is 0.465 e. The first-order valence-corrected chi connectivity index (χ1v) is 5.98. The van der Waals surface area contributed by atoms with Crippen LogP contribution in [0.15, 0.2) is 36.4 Å². The molecule has 0 aromatic heterocycles. The molecule has 0 atom stereocenters. The van der Waals surface area contributed by atoms with Gasteiger partial charge in [-0.3, -0.25) is 0 Å². The van der Waals surface area contributed by atoms with Crippen LogP contribution in [-0.4, -0.2) is 13.1 Å². The van der Waals surface area contributed by atoms with Gasteiger partial charge in [0.25, 0.3) is 0 Å². The summed E-state index contributed by atoms with van der Waals surface area (Å²) in [6.07, 6.45) is 0. The van der Waals surface area contributed by atoms with Crippen LogP contribution in [-0.2, 0) is 4.74 Å². The zero-order valence-electron chi connectivity index (χ0n) is 11.2.